The van der Waals surface area contributed by atoms with Crippen molar-refractivity contribution in [3.8, 4) is 5.75 Å². The van der Waals surface area contributed by atoms with Crippen molar-refractivity contribution >= 4 is 39.3 Å². The molecule has 5 heteroatoms. The molecule has 0 aliphatic heterocycles. The third kappa shape index (κ3) is 5.29. The van der Waals surface area contributed by atoms with Crippen molar-refractivity contribution in [3.63, 3.8) is 0 Å². The summed E-state index contributed by atoms with van der Waals surface area (Å²) in [5, 5.41) is 2.98. The molecule has 0 bridgehead atoms. The molecular weight excluding hydrogens is 374 g/mol. The maximum atomic E-state index is 12.1. The summed E-state index contributed by atoms with van der Waals surface area (Å²) in [4.78, 5) is 12.1. The summed E-state index contributed by atoms with van der Waals surface area (Å²) < 4.78 is 6.36. The van der Waals surface area contributed by atoms with Crippen molar-refractivity contribution in [1.29, 1.82) is 0 Å². The van der Waals surface area contributed by atoms with E-state index in [0.717, 1.165) is 38.4 Å². The fourth-order valence-electron chi connectivity index (χ4n) is 2.17. The lowest BCUT2D eigenvalue weighted by atomic mass is 10.1. The number of ether oxygens (including phenoxy) is 1. The van der Waals surface area contributed by atoms with Gasteiger partial charge in [0.05, 0.1) is 12.9 Å². The number of amides is 1. The lowest BCUT2D eigenvalue weighted by molar-refractivity contribution is -0.113. The monoisotopic (exact) mass is 393 g/mol. The number of thioether (sulfide) groups is 1. The number of anilines is 1. The van der Waals surface area contributed by atoms with Gasteiger partial charge in [0.25, 0.3) is 0 Å². The van der Waals surface area contributed by atoms with Crippen molar-refractivity contribution in [2.75, 3.05) is 18.2 Å². The summed E-state index contributed by atoms with van der Waals surface area (Å²) in [5.41, 5.74) is 4.17. The van der Waals surface area contributed by atoms with E-state index in [1.54, 1.807) is 18.9 Å². The fraction of sp³-hybridized carbons (Fsp3) is 0.278. The first-order valence-electron chi connectivity index (χ1n) is 7.27. The molecule has 0 radical (unpaired) electrons. The van der Waals surface area contributed by atoms with Crippen molar-refractivity contribution < 1.29 is 9.53 Å². The summed E-state index contributed by atoms with van der Waals surface area (Å²) in [5.74, 6) is 1.99. The second-order valence-electron chi connectivity index (χ2n) is 5.32. The van der Waals surface area contributed by atoms with E-state index in [1.807, 2.05) is 50.2 Å². The molecule has 0 heterocycles. The van der Waals surface area contributed by atoms with Gasteiger partial charge in [0, 0.05) is 21.5 Å². The van der Waals surface area contributed by atoms with E-state index in [9.17, 15) is 4.79 Å². The van der Waals surface area contributed by atoms with Gasteiger partial charge in [-0.05, 0) is 49.2 Å². The smallest absolute Gasteiger partial charge is 0.234 e. The van der Waals surface area contributed by atoms with Crippen LogP contribution in [-0.4, -0.2) is 18.8 Å². The quantitative estimate of drug-likeness (QED) is 0.754. The molecule has 2 aromatic carbocycles. The highest BCUT2D eigenvalue weighted by Gasteiger charge is 2.08. The molecule has 0 fully saturated rings. The largest absolute Gasteiger partial charge is 0.496 e. The van der Waals surface area contributed by atoms with Crippen LogP contribution in [0.2, 0.25) is 0 Å². The highest BCUT2D eigenvalue weighted by Crippen LogP contribution is 2.27. The number of halogens is 1. The van der Waals surface area contributed by atoms with Crippen LogP contribution in [0.1, 0.15) is 16.7 Å². The van der Waals surface area contributed by atoms with Crippen LogP contribution in [0.5, 0.6) is 5.75 Å². The molecule has 1 amide bonds. The van der Waals surface area contributed by atoms with E-state index >= 15 is 0 Å². The van der Waals surface area contributed by atoms with Crippen LogP contribution in [0.3, 0.4) is 0 Å². The van der Waals surface area contributed by atoms with Crippen molar-refractivity contribution in [2.24, 2.45) is 0 Å². The van der Waals surface area contributed by atoms with Gasteiger partial charge in [0.15, 0.2) is 0 Å². The fourth-order valence-corrected chi connectivity index (χ4v) is 3.38. The summed E-state index contributed by atoms with van der Waals surface area (Å²) in [6.07, 6.45) is 0. The lowest BCUT2D eigenvalue weighted by Crippen LogP contribution is -2.15. The third-order valence-electron chi connectivity index (χ3n) is 3.40. The molecule has 0 aliphatic carbocycles. The van der Waals surface area contributed by atoms with Crippen molar-refractivity contribution in [3.05, 3.63) is 57.6 Å². The molecule has 0 unspecified atom stereocenters. The predicted molar refractivity (Wildman–Crippen MR) is 101 cm³/mol. The Morgan fingerprint density at radius 3 is 2.74 bits per heavy atom. The number of rotatable bonds is 6. The number of carbonyl (C=O) groups is 1. The zero-order chi connectivity index (χ0) is 16.8. The summed E-state index contributed by atoms with van der Waals surface area (Å²) >= 11 is 5.03. The Morgan fingerprint density at radius 2 is 2.00 bits per heavy atom. The number of aryl methyl sites for hydroxylation is 2. The molecule has 1 N–H and O–H groups in total. The number of benzene rings is 2. The average Bonchev–Trinajstić information content (AvgIpc) is 2.51. The van der Waals surface area contributed by atoms with Gasteiger partial charge in [0.1, 0.15) is 5.75 Å². The zero-order valence-corrected chi connectivity index (χ0v) is 15.9. The van der Waals surface area contributed by atoms with Crippen LogP contribution in [-0.2, 0) is 10.5 Å². The van der Waals surface area contributed by atoms with Crippen LogP contribution in [0, 0.1) is 13.8 Å². The van der Waals surface area contributed by atoms with Gasteiger partial charge in [-0.1, -0.05) is 28.1 Å². The molecule has 0 aromatic heterocycles. The van der Waals surface area contributed by atoms with Crippen LogP contribution in [0.25, 0.3) is 0 Å². The maximum absolute atomic E-state index is 12.1. The van der Waals surface area contributed by atoms with Crippen LogP contribution >= 0.6 is 27.7 Å². The van der Waals surface area contributed by atoms with Gasteiger partial charge < -0.3 is 10.1 Å². The molecular formula is C18H20BrNO2S. The molecule has 2 aromatic rings. The normalized spacial score (nSPS) is 10.4. The van der Waals surface area contributed by atoms with Gasteiger partial charge >= 0.3 is 0 Å². The second-order valence-corrected chi connectivity index (χ2v) is 7.22. The second kappa shape index (κ2) is 8.41. The standard InChI is InChI=1S/C18H20BrNO2S/c1-12-4-5-13(2)16(8-12)20-18(21)11-23-10-14-9-15(19)6-7-17(14)22-3/h4-9H,10-11H2,1-3H3,(H,20,21). The minimum atomic E-state index is 0.0117. The topological polar surface area (TPSA) is 38.3 Å². The molecule has 0 saturated carbocycles. The van der Waals surface area contributed by atoms with E-state index in [1.165, 1.54) is 0 Å². The van der Waals surface area contributed by atoms with Gasteiger partial charge in [-0.2, -0.15) is 0 Å². The first kappa shape index (κ1) is 17.9. The van der Waals surface area contributed by atoms with Gasteiger partial charge in [-0.15, -0.1) is 11.8 Å². The summed E-state index contributed by atoms with van der Waals surface area (Å²) in [6.45, 7) is 4.01. The minimum Gasteiger partial charge on any atom is -0.496 e. The van der Waals surface area contributed by atoms with E-state index in [2.05, 4.69) is 21.2 Å². The summed E-state index contributed by atoms with van der Waals surface area (Å²) in [6, 6.07) is 11.9. The van der Waals surface area contributed by atoms with Crippen LogP contribution in [0.15, 0.2) is 40.9 Å². The van der Waals surface area contributed by atoms with Crippen LogP contribution in [0.4, 0.5) is 5.69 Å². The van der Waals surface area contributed by atoms with E-state index in [0.29, 0.717) is 5.75 Å². The predicted octanol–water partition coefficient (Wildman–Crippen LogP) is 4.95. The van der Waals surface area contributed by atoms with Gasteiger partial charge in [0.2, 0.25) is 5.91 Å². The van der Waals surface area contributed by atoms with Gasteiger partial charge in [-0.25, -0.2) is 0 Å². The molecule has 23 heavy (non-hydrogen) atoms. The van der Waals surface area contributed by atoms with E-state index in [-0.39, 0.29) is 5.91 Å². The highest BCUT2D eigenvalue weighted by atomic mass is 79.9. The first-order chi connectivity index (χ1) is 11.0. The van der Waals surface area contributed by atoms with E-state index < -0.39 is 0 Å². The number of hydrogen-bond acceptors (Lipinski definition) is 3. The molecule has 0 spiro atoms. The Morgan fingerprint density at radius 1 is 1.22 bits per heavy atom. The van der Waals surface area contributed by atoms with Gasteiger partial charge in [-0.3, -0.25) is 4.79 Å². The van der Waals surface area contributed by atoms with Crippen molar-refractivity contribution in [2.45, 2.75) is 19.6 Å². The Labute approximate surface area is 149 Å². The minimum absolute atomic E-state index is 0.0117. The number of methoxy groups -OCH3 is 1. The highest BCUT2D eigenvalue weighted by molar-refractivity contribution is 9.10. The molecule has 0 atom stereocenters. The first-order valence-corrected chi connectivity index (χ1v) is 9.21. The van der Waals surface area contributed by atoms with E-state index in [4.69, 9.17) is 4.74 Å². The molecule has 2 rings (SSSR count). The van der Waals surface area contributed by atoms with Crippen molar-refractivity contribution in [1.82, 2.24) is 0 Å². The summed E-state index contributed by atoms with van der Waals surface area (Å²) in [7, 11) is 1.66. The SMILES string of the molecule is COc1ccc(Br)cc1CSCC(=O)Nc1cc(C)ccc1C. The Bertz CT molecular complexity index is 703. The maximum Gasteiger partial charge on any atom is 0.234 e. The molecule has 0 aliphatic rings. The zero-order valence-electron chi connectivity index (χ0n) is 13.5. The Hall–Kier alpha value is -1.46. The molecule has 0 saturated heterocycles. The third-order valence-corrected chi connectivity index (χ3v) is 4.88. The molecule has 3 nitrogen and oxygen atoms in total. The van der Waals surface area contributed by atoms with Crippen LogP contribution < -0.4 is 10.1 Å². The Kier molecular flexibility index (Phi) is 6.54. The Balaban J connectivity index is 1.90. The number of nitrogens with one attached hydrogen (secondary N) is 1. The molecule has 122 valence electrons. The number of hydrogen-bond donors (Lipinski definition) is 1. The lowest BCUT2D eigenvalue weighted by Gasteiger charge is -2.10. The number of carbonyl (C=O) groups excluding carboxylic acids is 1. The average molecular weight is 394 g/mol.